The first-order chi connectivity index (χ1) is 28.7. The molecule has 1 aliphatic rings. The van der Waals surface area contributed by atoms with Gasteiger partial charge in [-0.1, -0.05) is 176 Å². The fraction of sp³-hybridized carbons (Fsp3) is 0.0357. The monoisotopic (exact) mass is 774 g/mol. The lowest BCUT2D eigenvalue weighted by molar-refractivity contribution is 0.991. The number of allylic oxidation sites excluding steroid dienone is 1. The Morgan fingerprint density at radius 3 is 1.71 bits per heavy atom. The average Bonchev–Trinajstić information content (AvgIpc) is 4.01. The summed E-state index contributed by atoms with van der Waals surface area (Å²) in [5.41, 5.74) is 12.7. The minimum absolute atomic E-state index is 0.383. The van der Waals surface area contributed by atoms with Crippen LogP contribution in [0.4, 0.5) is 0 Å². The molecule has 1 aromatic heterocycles. The van der Waals surface area contributed by atoms with Gasteiger partial charge in [0.25, 0.3) is 0 Å². The number of hydrogen-bond acceptors (Lipinski definition) is 2. The van der Waals surface area contributed by atoms with Crippen LogP contribution in [0.15, 0.2) is 212 Å². The molecule has 0 radical (unpaired) electrons. The third-order valence-corrected chi connectivity index (χ3v) is 14.2. The van der Waals surface area contributed by atoms with Gasteiger partial charge >= 0.3 is 0 Å². The molecule has 1 unspecified atom stereocenters. The summed E-state index contributed by atoms with van der Waals surface area (Å²) in [6.45, 7) is 0. The Kier molecular flexibility index (Phi) is 8.88. The van der Waals surface area contributed by atoms with Crippen molar-refractivity contribution in [2.75, 3.05) is 0 Å². The van der Waals surface area contributed by atoms with E-state index in [0.29, 0.717) is 5.25 Å². The molecule has 10 aromatic rings. The number of rotatable bonds is 7. The maximum Gasteiger partial charge on any atom is 0.0379 e. The molecule has 0 saturated carbocycles. The average molecular weight is 775 g/mol. The summed E-state index contributed by atoms with van der Waals surface area (Å²) >= 11 is 3.85. The Morgan fingerprint density at radius 1 is 0.345 bits per heavy atom. The second-order valence-corrected chi connectivity index (χ2v) is 17.5. The van der Waals surface area contributed by atoms with Crippen molar-refractivity contribution in [1.82, 2.24) is 0 Å². The van der Waals surface area contributed by atoms with Gasteiger partial charge in [0.1, 0.15) is 0 Å². The van der Waals surface area contributed by atoms with Crippen LogP contribution in [-0.4, -0.2) is 0 Å². The molecular weight excluding hydrogens is 737 g/mol. The predicted octanol–water partition coefficient (Wildman–Crippen LogP) is 16.8. The lowest BCUT2D eigenvalue weighted by Crippen LogP contribution is -1.94. The van der Waals surface area contributed by atoms with Gasteiger partial charge in [0, 0.05) is 19.9 Å². The van der Waals surface area contributed by atoms with Gasteiger partial charge in [-0.2, -0.15) is 0 Å². The van der Waals surface area contributed by atoms with Gasteiger partial charge in [0.05, 0.1) is 0 Å². The second-order valence-electron chi connectivity index (χ2n) is 15.1. The van der Waals surface area contributed by atoms with Crippen LogP contribution in [0.2, 0.25) is 0 Å². The maximum atomic E-state index is 2.46. The highest BCUT2D eigenvalue weighted by atomic mass is 32.2. The molecule has 1 atom stereocenters. The fourth-order valence-electron chi connectivity index (χ4n) is 8.78. The number of benzene rings is 9. The Morgan fingerprint density at radius 2 is 0.914 bits per heavy atom. The molecule has 0 amide bonds. The highest BCUT2D eigenvalue weighted by Gasteiger charge is 2.23. The van der Waals surface area contributed by atoms with Gasteiger partial charge in [-0.05, 0) is 131 Å². The van der Waals surface area contributed by atoms with Gasteiger partial charge in [0.2, 0.25) is 0 Å². The lowest BCUT2D eigenvalue weighted by Gasteiger charge is -2.20. The summed E-state index contributed by atoms with van der Waals surface area (Å²) < 4.78 is 0. The van der Waals surface area contributed by atoms with E-state index in [4.69, 9.17) is 0 Å². The molecule has 1 aliphatic heterocycles. The van der Waals surface area contributed by atoms with Crippen molar-refractivity contribution >= 4 is 60.3 Å². The molecule has 11 rings (SSSR count). The summed E-state index contributed by atoms with van der Waals surface area (Å²) in [6.07, 6.45) is 3.44. The molecule has 58 heavy (non-hydrogen) atoms. The molecule has 0 fully saturated rings. The van der Waals surface area contributed by atoms with E-state index >= 15 is 0 Å². The normalized spacial score (nSPS) is 14.0. The molecule has 0 N–H and O–H groups in total. The van der Waals surface area contributed by atoms with Crippen LogP contribution in [0.1, 0.15) is 22.8 Å². The van der Waals surface area contributed by atoms with Crippen molar-refractivity contribution in [1.29, 1.82) is 0 Å². The van der Waals surface area contributed by atoms with Crippen molar-refractivity contribution in [3.63, 3.8) is 0 Å². The Balaban J connectivity index is 1.09. The molecule has 274 valence electrons. The Labute approximate surface area is 347 Å². The second kappa shape index (κ2) is 14.8. The first-order valence-electron chi connectivity index (χ1n) is 20.0. The summed E-state index contributed by atoms with van der Waals surface area (Å²) in [6, 6.07) is 76.3. The summed E-state index contributed by atoms with van der Waals surface area (Å²) in [7, 11) is 0. The number of hydrogen-bond donors (Lipinski definition) is 0. The van der Waals surface area contributed by atoms with Crippen LogP contribution >= 0.6 is 23.1 Å². The third kappa shape index (κ3) is 6.36. The largest absolute Gasteiger partial charge is 0.135 e. The van der Waals surface area contributed by atoms with E-state index < -0.39 is 0 Å². The highest BCUT2D eigenvalue weighted by Crippen LogP contribution is 2.50. The molecule has 0 spiro atoms. The van der Waals surface area contributed by atoms with Crippen molar-refractivity contribution in [2.45, 2.75) is 11.7 Å². The van der Waals surface area contributed by atoms with Crippen molar-refractivity contribution in [3.05, 3.63) is 223 Å². The van der Waals surface area contributed by atoms with E-state index in [1.54, 1.807) is 0 Å². The summed E-state index contributed by atoms with van der Waals surface area (Å²) in [5.74, 6) is 0. The Hall–Kier alpha value is -6.45. The third-order valence-electron chi connectivity index (χ3n) is 11.6. The molecule has 0 aliphatic carbocycles. The van der Waals surface area contributed by atoms with Gasteiger partial charge in [-0.15, -0.1) is 23.1 Å². The highest BCUT2D eigenvalue weighted by molar-refractivity contribution is 8.08. The van der Waals surface area contributed by atoms with Crippen LogP contribution in [-0.2, 0) is 0 Å². The van der Waals surface area contributed by atoms with E-state index in [-0.39, 0.29) is 0 Å². The molecule has 0 bridgehead atoms. The van der Waals surface area contributed by atoms with Crippen molar-refractivity contribution in [2.24, 2.45) is 0 Å². The van der Waals surface area contributed by atoms with Crippen LogP contribution in [0.5, 0.6) is 0 Å². The van der Waals surface area contributed by atoms with E-state index in [2.05, 4.69) is 212 Å². The molecule has 9 aromatic carbocycles. The quantitative estimate of drug-likeness (QED) is 0.145. The van der Waals surface area contributed by atoms with Crippen LogP contribution < -0.4 is 0 Å². The van der Waals surface area contributed by atoms with Gasteiger partial charge in [0.15, 0.2) is 0 Å². The smallest absolute Gasteiger partial charge is 0.0379 e. The zero-order chi connectivity index (χ0) is 38.4. The molecule has 0 nitrogen and oxygen atoms in total. The number of thiophene rings is 1. The first-order valence-corrected chi connectivity index (χ1v) is 21.7. The molecule has 2 heterocycles. The topological polar surface area (TPSA) is 0 Å². The predicted molar refractivity (Wildman–Crippen MR) is 253 cm³/mol. The maximum absolute atomic E-state index is 2.46. The SMILES string of the molecule is C1=C(c2ccccc2)SC(c2cccc(-c3c4ccccc4c(-c4cccc(-c5ccc(-c6ccccc6)s5)c4)c4cc(-c5ccc6ccccc6c5)ccc34)c2)C1. The fourth-order valence-corrected chi connectivity index (χ4v) is 11.0. The minimum atomic E-state index is 0.383. The summed E-state index contributed by atoms with van der Waals surface area (Å²) in [4.78, 5) is 3.93. The standard InChI is InChI=1S/C56H38S2/c1-3-14-38(15-4-1)51-29-31-53(57-51)43-19-11-21-45(34-43)55-47-23-9-10-24-48(47)56(46-22-12-20-44(35-46)54-32-30-52(58-54)39-16-5-2-6-17-39)50-36-42(27-28-49(50)55)41-26-25-37-13-7-8-18-40(37)33-41/h1-30,32-36,53H,31H2. The first kappa shape index (κ1) is 34.8. The van der Waals surface area contributed by atoms with E-state index in [9.17, 15) is 0 Å². The number of fused-ring (bicyclic) bond motifs is 3. The van der Waals surface area contributed by atoms with Crippen LogP contribution in [0.3, 0.4) is 0 Å². The van der Waals surface area contributed by atoms with Gasteiger partial charge in [-0.25, -0.2) is 0 Å². The van der Waals surface area contributed by atoms with Crippen LogP contribution in [0, 0.1) is 0 Å². The summed E-state index contributed by atoms with van der Waals surface area (Å²) in [5, 5.41) is 7.97. The van der Waals surface area contributed by atoms with Crippen LogP contribution in [0.25, 0.3) is 91.5 Å². The number of thioether (sulfide) groups is 1. The molecule has 2 heteroatoms. The van der Waals surface area contributed by atoms with E-state index in [0.717, 1.165) is 6.42 Å². The minimum Gasteiger partial charge on any atom is -0.135 e. The van der Waals surface area contributed by atoms with Crippen molar-refractivity contribution < 1.29 is 0 Å². The Bertz CT molecular complexity index is 3170. The van der Waals surface area contributed by atoms with Gasteiger partial charge < -0.3 is 0 Å². The molecular formula is C56H38S2. The van der Waals surface area contributed by atoms with Gasteiger partial charge in [-0.3, -0.25) is 0 Å². The van der Waals surface area contributed by atoms with E-state index in [1.165, 1.54) is 103 Å². The van der Waals surface area contributed by atoms with E-state index in [1.807, 2.05) is 23.1 Å². The van der Waals surface area contributed by atoms with Crippen molar-refractivity contribution in [3.8, 4) is 54.3 Å². The zero-order valence-corrected chi connectivity index (χ0v) is 33.4. The molecule has 0 saturated heterocycles. The zero-order valence-electron chi connectivity index (χ0n) is 31.8. The lowest BCUT2D eigenvalue weighted by atomic mass is 9.84.